The van der Waals surface area contributed by atoms with Crippen LogP contribution in [0.2, 0.25) is 5.02 Å². The number of nitrogens with zero attached hydrogens (tertiary/aromatic N) is 6. The molecular formula is C26H28ClN7O2S. The number of nitrogens with one attached hydrogen (secondary N) is 1. The van der Waals surface area contributed by atoms with E-state index in [-0.39, 0.29) is 5.56 Å². The summed E-state index contributed by atoms with van der Waals surface area (Å²) in [7, 11) is 3.15. The Morgan fingerprint density at radius 3 is 2.41 bits per heavy atom. The zero-order chi connectivity index (χ0) is 26.3. The third-order valence-corrected chi connectivity index (χ3v) is 7.39. The molecule has 1 saturated heterocycles. The minimum absolute atomic E-state index is 0.352. The van der Waals surface area contributed by atoms with E-state index in [1.54, 1.807) is 7.05 Å². The molecule has 0 amide bonds. The van der Waals surface area contributed by atoms with Crippen molar-refractivity contribution in [3.05, 3.63) is 85.5 Å². The molecule has 1 aliphatic heterocycles. The molecule has 0 radical (unpaired) electrons. The summed E-state index contributed by atoms with van der Waals surface area (Å²) in [4.78, 5) is 34.9. The lowest BCUT2D eigenvalue weighted by molar-refractivity contribution is 0.386. The van der Waals surface area contributed by atoms with Crippen LogP contribution in [0.15, 0.2) is 58.1 Å². The molecule has 3 heterocycles. The number of rotatable bonds is 4. The summed E-state index contributed by atoms with van der Waals surface area (Å²) >= 11 is 11.8. The second-order valence-corrected chi connectivity index (χ2v) is 10.0. The summed E-state index contributed by atoms with van der Waals surface area (Å²) in [6.07, 6.45) is 0. The molecule has 0 bridgehead atoms. The Labute approximate surface area is 224 Å². The Bertz CT molecular complexity index is 1600. The standard InChI is InChI=1S/C26H28ClN7O2S/c1-17-15-19(27)9-10-20(17)28-25(37)33-13-11-32(12-14-33)24-29-22-21(23(35)31(3)26(36)30(22)2)34(24)16-18-7-5-4-6-8-18/h4-10,15H,11-14,16H2,1-3H3,(H,28,37). The highest BCUT2D eigenvalue weighted by molar-refractivity contribution is 7.80. The smallest absolute Gasteiger partial charge is 0.332 e. The van der Waals surface area contributed by atoms with Crippen molar-refractivity contribution in [2.75, 3.05) is 36.4 Å². The lowest BCUT2D eigenvalue weighted by Crippen LogP contribution is -2.50. The van der Waals surface area contributed by atoms with E-state index in [2.05, 4.69) is 15.1 Å². The van der Waals surface area contributed by atoms with Crippen molar-refractivity contribution in [1.29, 1.82) is 0 Å². The quantitative estimate of drug-likeness (QED) is 0.401. The van der Waals surface area contributed by atoms with Crippen molar-refractivity contribution in [1.82, 2.24) is 23.6 Å². The van der Waals surface area contributed by atoms with Crippen molar-refractivity contribution in [3.63, 3.8) is 0 Å². The van der Waals surface area contributed by atoms with Gasteiger partial charge in [0.1, 0.15) is 0 Å². The van der Waals surface area contributed by atoms with Crippen LogP contribution in [-0.4, -0.2) is 54.9 Å². The van der Waals surface area contributed by atoms with Crippen LogP contribution in [0.25, 0.3) is 11.2 Å². The number of fused-ring (bicyclic) bond motifs is 1. The van der Waals surface area contributed by atoms with Crippen LogP contribution >= 0.6 is 23.8 Å². The number of aromatic nitrogens is 4. The van der Waals surface area contributed by atoms with Crippen molar-refractivity contribution < 1.29 is 0 Å². The van der Waals surface area contributed by atoms with Crippen molar-refractivity contribution >= 4 is 51.7 Å². The van der Waals surface area contributed by atoms with Gasteiger partial charge in [-0.15, -0.1) is 0 Å². The van der Waals surface area contributed by atoms with Gasteiger partial charge in [-0.05, 0) is 48.5 Å². The first-order valence-electron chi connectivity index (χ1n) is 12.0. The number of aryl methyl sites for hydroxylation is 2. The van der Waals surface area contributed by atoms with E-state index in [9.17, 15) is 9.59 Å². The summed E-state index contributed by atoms with van der Waals surface area (Å²) < 4.78 is 4.50. The number of benzene rings is 2. The molecule has 2 aromatic carbocycles. The van der Waals surface area contributed by atoms with Gasteiger partial charge in [0.05, 0.1) is 6.54 Å². The maximum atomic E-state index is 13.2. The molecule has 192 valence electrons. The van der Waals surface area contributed by atoms with Gasteiger partial charge in [-0.25, -0.2) is 4.79 Å². The topological polar surface area (TPSA) is 80.3 Å². The Kier molecular flexibility index (Phi) is 6.78. The van der Waals surface area contributed by atoms with Crippen LogP contribution < -0.4 is 21.5 Å². The Hall–Kier alpha value is -3.63. The van der Waals surface area contributed by atoms with E-state index in [0.717, 1.165) is 21.4 Å². The highest BCUT2D eigenvalue weighted by Gasteiger charge is 2.26. The molecule has 1 aliphatic rings. The number of thiocarbonyl (C=S) groups is 1. The van der Waals surface area contributed by atoms with Gasteiger partial charge in [-0.2, -0.15) is 4.98 Å². The van der Waals surface area contributed by atoms with Gasteiger partial charge < -0.3 is 15.1 Å². The van der Waals surface area contributed by atoms with E-state index >= 15 is 0 Å². The SMILES string of the molecule is Cc1cc(Cl)ccc1NC(=S)N1CCN(c2nc3c(c(=O)n(C)c(=O)n3C)n2Cc2ccccc2)CC1. The van der Waals surface area contributed by atoms with Crippen LogP contribution in [0.4, 0.5) is 11.6 Å². The highest BCUT2D eigenvalue weighted by atomic mass is 35.5. The van der Waals surface area contributed by atoms with Gasteiger partial charge in [0, 0.05) is 51.0 Å². The molecule has 1 N–H and O–H groups in total. The Balaban J connectivity index is 1.43. The third kappa shape index (κ3) is 4.74. The molecule has 11 heteroatoms. The summed E-state index contributed by atoms with van der Waals surface area (Å²) in [6.45, 7) is 5.15. The fraction of sp³-hybridized carbons (Fsp3) is 0.308. The van der Waals surface area contributed by atoms with Gasteiger partial charge in [0.15, 0.2) is 16.3 Å². The first kappa shape index (κ1) is 25.0. The van der Waals surface area contributed by atoms with Crippen LogP contribution in [-0.2, 0) is 20.6 Å². The monoisotopic (exact) mass is 537 g/mol. The van der Waals surface area contributed by atoms with Crippen LogP contribution in [0, 0.1) is 6.92 Å². The summed E-state index contributed by atoms with van der Waals surface area (Å²) in [5.74, 6) is 0.671. The predicted molar refractivity (Wildman–Crippen MR) is 152 cm³/mol. The molecule has 9 nitrogen and oxygen atoms in total. The molecular weight excluding hydrogens is 510 g/mol. The first-order chi connectivity index (χ1) is 17.7. The highest BCUT2D eigenvalue weighted by Crippen LogP contribution is 2.24. The number of halogens is 1. The minimum Gasteiger partial charge on any atom is -0.345 e. The van der Waals surface area contributed by atoms with E-state index in [0.29, 0.717) is 60.0 Å². The molecule has 4 aromatic rings. The average molecular weight is 538 g/mol. The number of hydrogen-bond donors (Lipinski definition) is 1. The van der Waals surface area contributed by atoms with Crippen molar-refractivity contribution in [3.8, 4) is 0 Å². The van der Waals surface area contributed by atoms with E-state index in [1.807, 2.05) is 60.0 Å². The molecule has 0 spiro atoms. The van der Waals surface area contributed by atoms with Crippen molar-refractivity contribution in [2.45, 2.75) is 13.5 Å². The second kappa shape index (κ2) is 10.0. The normalized spacial score (nSPS) is 13.8. The van der Waals surface area contributed by atoms with Gasteiger partial charge in [-0.1, -0.05) is 41.9 Å². The van der Waals surface area contributed by atoms with Crippen LogP contribution in [0.5, 0.6) is 0 Å². The minimum atomic E-state index is -0.396. The molecule has 5 rings (SSSR count). The molecule has 0 unspecified atom stereocenters. The van der Waals surface area contributed by atoms with Crippen LogP contribution in [0.3, 0.4) is 0 Å². The predicted octanol–water partition coefficient (Wildman–Crippen LogP) is 2.96. The molecule has 0 saturated carbocycles. The zero-order valence-electron chi connectivity index (χ0n) is 20.9. The first-order valence-corrected chi connectivity index (χ1v) is 12.8. The summed E-state index contributed by atoms with van der Waals surface area (Å²) in [5.41, 5.74) is 3.05. The van der Waals surface area contributed by atoms with E-state index in [4.69, 9.17) is 28.8 Å². The maximum Gasteiger partial charge on any atom is 0.332 e. The Morgan fingerprint density at radius 2 is 1.73 bits per heavy atom. The maximum absolute atomic E-state index is 13.2. The number of anilines is 2. The molecule has 0 aliphatic carbocycles. The van der Waals surface area contributed by atoms with Gasteiger partial charge in [0.25, 0.3) is 5.56 Å². The largest absolute Gasteiger partial charge is 0.345 e. The fourth-order valence-electron chi connectivity index (χ4n) is 4.66. The van der Waals surface area contributed by atoms with Gasteiger partial charge in [-0.3, -0.25) is 18.5 Å². The fourth-order valence-corrected chi connectivity index (χ4v) is 5.18. The van der Waals surface area contributed by atoms with Gasteiger partial charge >= 0.3 is 5.69 Å². The van der Waals surface area contributed by atoms with Gasteiger partial charge in [0.2, 0.25) is 5.95 Å². The summed E-state index contributed by atoms with van der Waals surface area (Å²) in [6, 6.07) is 15.6. The number of hydrogen-bond acceptors (Lipinski definition) is 5. The van der Waals surface area contributed by atoms with E-state index < -0.39 is 5.69 Å². The summed E-state index contributed by atoms with van der Waals surface area (Å²) in [5, 5.41) is 4.67. The number of piperazine rings is 1. The van der Waals surface area contributed by atoms with Crippen LogP contribution in [0.1, 0.15) is 11.1 Å². The van der Waals surface area contributed by atoms with E-state index in [1.165, 1.54) is 11.6 Å². The lowest BCUT2D eigenvalue weighted by atomic mass is 10.2. The third-order valence-electron chi connectivity index (χ3n) is 6.79. The number of imidazole rings is 1. The molecule has 0 atom stereocenters. The lowest BCUT2D eigenvalue weighted by Gasteiger charge is -2.37. The molecule has 2 aromatic heterocycles. The van der Waals surface area contributed by atoms with Crippen molar-refractivity contribution in [2.24, 2.45) is 14.1 Å². The molecule has 37 heavy (non-hydrogen) atoms. The average Bonchev–Trinajstić information content (AvgIpc) is 3.27. The zero-order valence-corrected chi connectivity index (χ0v) is 22.5. The molecule has 1 fully saturated rings. The second-order valence-electron chi connectivity index (χ2n) is 9.23. The Morgan fingerprint density at radius 1 is 1.03 bits per heavy atom.